The minimum absolute atomic E-state index is 0.625. The average molecular weight is 375 g/mol. The zero-order valence-electron chi connectivity index (χ0n) is 9.78. The lowest BCUT2D eigenvalue weighted by atomic mass is 10.2. The summed E-state index contributed by atoms with van der Waals surface area (Å²) >= 11 is 8.17. The number of anilines is 1. The molecule has 1 aromatic heterocycles. The van der Waals surface area contributed by atoms with Crippen LogP contribution in [0.25, 0.3) is 0 Å². The van der Waals surface area contributed by atoms with E-state index < -0.39 is 0 Å². The normalized spacial score (nSPS) is 10.2. The summed E-state index contributed by atoms with van der Waals surface area (Å²) in [6.45, 7) is 0.717. The summed E-state index contributed by atoms with van der Waals surface area (Å²) in [7, 11) is 1.61. The summed E-state index contributed by atoms with van der Waals surface area (Å²) in [5.41, 5.74) is 2.16. The molecule has 0 unspecified atom stereocenters. The number of benzene rings is 1. The Morgan fingerprint density at radius 3 is 2.78 bits per heavy atom. The minimum atomic E-state index is 0.625. The molecule has 0 aliphatic heterocycles. The predicted octanol–water partition coefficient (Wildman–Crippen LogP) is 3.96. The molecule has 0 aliphatic carbocycles. The van der Waals surface area contributed by atoms with Gasteiger partial charge in [0.2, 0.25) is 5.88 Å². The molecule has 2 aromatic rings. The average Bonchev–Trinajstić information content (AvgIpc) is 2.38. The van der Waals surface area contributed by atoms with E-state index >= 15 is 0 Å². The van der Waals surface area contributed by atoms with Gasteiger partial charge in [-0.3, -0.25) is 0 Å². The zero-order valence-corrected chi connectivity index (χ0v) is 12.7. The van der Waals surface area contributed by atoms with E-state index in [9.17, 15) is 0 Å². The molecule has 0 amide bonds. The maximum atomic E-state index is 5.91. The second kappa shape index (κ2) is 6.24. The molecule has 0 spiro atoms. The van der Waals surface area contributed by atoms with Crippen LogP contribution in [0.3, 0.4) is 0 Å². The van der Waals surface area contributed by atoms with E-state index in [-0.39, 0.29) is 0 Å². The molecular formula is C13H12ClIN2O. The Bertz CT molecular complexity index is 531. The third-order valence-electron chi connectivity index (χ3n) is 2.42. The minimum Gasteiger partial charge on any atom is -0.481 e. The van der Waals surface area contributed by atoms with Gasteiger partial charge in [0.25, 0.3) is 0 Å². The smallest absolute Gasteiger partial charge is 0.212 e. The summed E-state index contributed by atoms with van der Waals surface area (Å²) in [6.07, 6.45) is 1.80. The zero-order chi connectivity index (χ0) is 13.0. The quantitative estimate of drug-likeness (QED) is 0.823. The van der Waals surface area contributed by atoms with Crippen LogP contribution in [0.4, 0.5) is 5.69 Å². The van der Waals surface area contributed by atoms with Gasteiger partial charge in [0.15, 0.2) is 0 Å². The fourth-order valence-corrected chi connectivity index (χ4v) is 2.53. The van der Waals surface area contributed by atoms with Crippen LogP contribution in [-0.2, 0) is 6.54 Å². The number of nitrogens with one attached hydrogen (secondary N) is 1. The first-order chi connectivity index (χ1) is 8.69. The molecule has 0 saturated heterocycles. The summed E-state index contributed by atoms with van der Waals surface area (Å²) in [4.78, 5) is 4.16. The number of hydrogen-bond donors (Lipinski definition) is 1. The molecule has 0 fully saturated rings. The van der Waals surface area contributed by atoms with Crippen molar-refractivity contribution >= 4 is 39.9 Å². The molecule has 1 aromatic carbocycles. The van der Waals surface area contributed by atoms with Gasteiger partial charge in [-0.2, -0.15) is 0 Å². The number of methoxy groups -OCH3 is 1. The molecule has 1 N–H and O–H groups in total. The van der Waals surface area contributed by atoms with Gasteiger partial charge >= 0.3 is 0 Å². The molecule has 1 heterocycles. The highest BCUT2D eigenvalue weighted by molar-refractivity contribution is 14.1. The van der Waals surface area contributed by atoms with Gasteiger partial charge in [-0.25, -0.2) is 4.98 Å². The van der Waals surface area contributed by atoms with Crippen LogP contribution >= 0.6 is 34.2 Å². The van der Waals surface area contributed by atoms with E-state index in [1.807, 2.05) is 30.3 Å². The van der Waals surface area contributed by atoms with Crippen molar-refractivity contribution < 1.29 is 4.74 Å². The number of rotatable bonds is 4. The Labute approximate surface area is 125 Å². The molecule has 3 nitrogen and oxygen atoms in total. The van der Waals surface area contributed by atoms with Gasteiger partial charge in [-0.1, -0.05) is 17.7 Å². The van der Waals surface area contributed by atoms with Crippen molar-refractivity contribution in [2.75, 3.05) is 12.4 Å². The van der Waals surface area contributed by atoms with Gasteiger partial charge in [0, 0.05) is 33.1 Å². The van der Waals surface area contributed by atoms with Gasteiger partial charge in [-0.15, -0.1) is 0 Å². The standard InChI is InChI=1S/C13H12ClIN2O/c1-18-13-5-2-9(8-17-13)7-16-12-4-3-10(14)6-11(12)15/h2-6,8,16H,7H2,1H3. The van der Waals surface area contributed by atoms with Crippen molar-refractivity contribution in [3.63, 3.8) is 0 Å². The monoisotopic (exact) mass is 374 g/mol. The van der Waals surface area contributed by atoms with E-state index in [2.05, 4.69) is 32.9 Å². The molecule has 0 aliphatic rings. The Kier molecular flexibility index (Phi) is 4.66. The molecule has 18 heavy (non-hydrogen) atoms. The highest BCUT2D eigenvalue weighted by Gasteiger charge is 2.01. The van der Waals surface area contributed by atoms with E-state index in [0.29, 0.717) is 12.4 Å². The SMILES string of the molecule is COc1ccc(CNc2ccc(Cl)cc2I)cn1. The van der Waals surface area contributed by atoms with Crippen LogP contribution in [0.2, 0.25) is 5.02 Å². The lowest BCUT2D eigenvalue weighted by Gasteiger charge is -2.09. The van der Waals surface area contributed by atoms with Crippen LogP contribution < -0.4 is 10.1 Å². The number of pyridine rings is 1. The molecule has 2 rings (SSSR count). The molecule has 0 bridgehead atoms. The maximum absolute atomic E-state index is 5.91. The van der Waals surface area contributed by atoms with E-state index in [1.165, 1.54) is 0 Å². The third-order valence-corrected chi connectivity index (χ3v) is 3.55. The van der Waals surface area contributed by atoms with Crippen molar-refractivity contribution in [3.05, 3.63) is 50.7 Å². The van der Waals surface area contributed by atoms with Crippen molar-refractivity contribution in [2.24, 2.45) is 0 Å². The summed E-state index contributed by atoms with van der Waals surface area (Å²) in [5.74, 6) is 0.625. The molecule has 0 saturated carbocycles. The largest absolute Gasteiger partial charge is 0.481 e. The van der Waals surface area contributed by atoms with Crippen LogP contribution in [0.5, 0.6) is 5.88 Å². The van der Waals surface area contributed by atoms with E-state index in [0.717, 1.165) is 19.8 Å². The van der Waals surface area contributed by atoms with Gasteiger partial charge in [-0.05, 0) is 46.4 Å². The Morgan fingerprint density at radius 2 is 2.17 bits per heavy atom. The first-order valence-electron chi connectivity index (χ1n) is 5.37. The van der Waals surface area contributed by atoms with Crippen LogP contribution in [0.15, 0.2) is 36.5 Å². The number of halogens is 2. The number of hydrogen-bond acceptors (Lipinski definition) is 3. The summed E-state index contributed by atoms with van der Waals surface area (Å²) in [6, 6.07) is 9.61. The second-order valence-corrected chi connectivity index (χ2v) is 5.29. The lowest BCUT2D eigenvalue weighted by molar-refractivity contribution is 0.397. The summed E-state index contributed by atoms with van der Waals surface area (Å²) < 4.78 is 6.12. The van der Waals surface area contributed by atoms with Crippen molar-refractivity contribution in [1.29, 1.82) is 0 Å². The number of ether oxygens (including phenoxy) is 1. The highest BCUT2D eigenvalue weighted by Crippen LogP contribution is 2.22. The molecular weight excluding hydrogens is 363 g/mol. The van der Waals surface area contributed by atoms with Gasteiger partial charge in [0.05, 0.1) is 7.11 Å². The molecule has 5 heteroatoms. The van der Waals surface area contributed by atoms with Gasteiger partial charge < -0.3 is 10.1 Å². The van der Waals surface area contributed by atoms with E-state index in [1.54, 1.807) is 13.3 Å². The third kappa shape index (κ3) is 3.49. The Balaban J connectivity index is 2.02. The molecule has 0 atom stereocenters. The fourth-order valence-electron chi connectivity index (χ4n) is 1.47. The Morgan fingerprint density at radius 1 is 1.33 bits per heavy atom. The first-order valence-corrected chi connectivity index (χ1v) is 6.82. The lowest BCUT2D eigenvalue weighted by Crippen LogP contribution is -2.01. The van der Waals surface area contributed by atoms with Gasteiger partial charge in [0.1, 0.15) is 0 Å². The first kappa shape index (κ1) is 13.4. The predicted molar refractivity (Wildman–Crippen MR) is 82.3 cm³/mol. The topological polar surface area (TPSA) is 34.1 Å². The fraction of sp³-hybridized carbons (Fsp3) is 0.154. The van der Waals surface area contributed by atoms with E-state index in [4.69, 9.17) is 16.3 Å². The molecule has 94 valence electrons. The highest BCUT2D eigenvalue weighted by atomic mass is 127. The maximum Gasteiger partial charge on any atom is 0.212 e. The summed E-state index contributed by atoms with van der Waals surface area (Å²) in [5, 5.41) is 4.09. The van der Waals surface area contributed by atoms with Crippen LogP contribution in [0.1, 0.15) is 5.56 Å². The second-order valence-electron chi connectivity index (χ2n) is 3.69. The number of aromatic nitrogens is 1. The van der Waals surface area contributed by atoms with Crippen molar-refractivity contribution in [3.8, 4) is 5.88 Å². The van der Waals surface area contributed by atoms with Crippen molar-refractivity contribution in [1.82, 2.24) is 4.98 Å². The van der Waals surface area contributed by atoms with Crippen LogP contribution in [0, 0.1) is 3.57 Å². The Hall–Kier alpha value is -1.01. The number of nitrogens with zero attached hydrogens (tertiary/aromatic N) is 1. The van der Waals surface area contributed by atoms with Crippen LogP contribution in [-0.4, -0.2) is 12.1 Å². The van der Waals surface area contributed by atoms with Crippen molar-refractivity contribution in [2.45, 2.75) is 6.54 Å². The molecule has 0 radical (unpaired) electrons.